The van der Waals surface area contributed by atoms with E-state index >= 15 is 0 Å². The Kier molecular flexibility index (Phi) is 3.95. The van der Waals surface area contributed by atoms with E-state index in [1.54, 1.807) is 19.9 Å². The number of rotatable bonds is 2. The van der Waals surface area contributed by atoms with Gasteiger partial charge in [-0.15, -0.1) is 0 Å². The Bertz CT molecular complexity index is 872. The molecular formula is C16H13F3N2O2S. The quantitative estimate of drug-likeness (QED) is 0.829. The van der Waals surface area contributed by atoms with Crippen LogP contribution in [0.1, 0.15) is 25.1 Å². The Labute approximate surface area is 139 Å². The summed E-state index contributed by atoms with van der Waals surface area (Å²) >= 11 is -0.214. The monoisotopic (exact) mass is 354 g/mol. The minimum Gasteiger partial charge on any atom is -0.483 e. The molecule has 0 saturated carbocycles. The highest BCUT2D eigenvalue weighted by atomic mass is 32.2. The summed E-state index contributed by atoms with van der Waals surface area (Å²) in [5, 5.41) is 6.57. The summed E-state index contributed by atoms with van der Waals surface area (Å²) in [6.07, 6.45) is 3.09. The number of hydrogen-bond acceptors (Lipinski definition) is 4. The minimum absolute atomic E-state index is 0.0165. The van der Waals surface area contributed by atoms with Crippen LogP contribution in [0.25, 0.3) is 5.57 Å². The zero-order chi connectivity index (χ0) is 17.5. The summed E-state index contributed by atoms with van der Waals surface area (Å²) in [5.74, 6) is 0.411. The van der Waals surface area contributed by atoms with E-state index < -0.39 is 11.1 Å². The molecule has 0 saturated heterocycles. The van der Waals surface area contributed by atoms with Crippen LogP contribution < -0.4 is 10.2 Å². The molecule has 1 aliphatic rings. The first-order valence-electron chi connectivity index (χ1n) is 7.01. The number of halogens is 3. The number of aromatic nitrogens is 2. The van der Waals surface area contributed by atoms with Crippen molar-refractivity contribution in [2.75, 3.05) is 0 Å². The second-order valence-corrected chi connectivity index (χ2v) is 6.89. The van der Waals surface area contributed by atoms with Gasteiger partial charge in [0.2, 0.25) is 5.43 Å². The summed E-state index contributed by atoms with van der Waals surface area (Å²) in [5.41, 5.74) is -4.43. The van der Waals surface area contributed by atoms with Crippen LogP contribution in [0.2, 0.25) is 0 Å². The van der Waals surface area contributed by atoms with Crippen LogP contribution in [0.5, 0.6) is 5.75 Å². The van der Waals surface area contributed by atoms with Crippen molar-refractivity contribution in [1.29, 1.82) is 0 Å². The molecule has 4 nitrogen and oxygen atoms in total. The summed E-state index contributed by atoms with van der Waals surface area (Å²) in [4.78, 5) is 12.1. The third kappa shape index (κ3) is 3.48. The molecule has 1 aromatic carbocycles. The van der Waals surface area contributed by atoms with Crippen LogP contribution in [0.4, 0.5) is 13.2 Å². The lowest BCUT2D eigenvalue weighted by Crippen LogP contribution is -2.30. The number of nitrogens with one attached hydrogen (secondary N) is 1. The van der Waals surface area contributed by atoms with Gasteiger partial charge in [-0.2, -0.15) is 18.3 Å². The minimum atomic E-state index is -4.39. The molecule has 2 aromatic rings. The lowest BCUT2D eigenvalue weighted by molar-refractivity contribution is -0.0328. The maximum absolute atomic E-state index is 12.6. The molecule has 0 bridgehead atoms. The van der Waals surface area contributed by atoms with E-state index in [0.29, 0.717) is 16.9 Å². The molecule has 0 amide bonds. The highest BCUT2D eigenvalue weighted by Gasteiger charge is 2.32. The van der Waals surface area contributed by atoms with E-state index in [4.69, 9.17) is 4.74 Å². The Balaban J connectivity index is 2.16. The van der Waals surface area contributed by atoms with Crippen molar-refractivity contribution in [2.24, 2.45) is 0 Å². The van der Waals surface area contributed by atoms with Crippen molar-refractivity contribution in [2.45, 2.75) is 29.9 Å². The van der Waals surface area contributed by atoms with Gasteiger partial charge in [-0.1, -0.05) is 0 Å². The number of nitrogens with zero attached hydrogens (tertiary/aromatic N) is 1. The third-order valence-corrected chi connectivity index (χ3v) is 4.03. The van der Waals surface area contributed by atoms with E-state index in [1.807, 2.05) is 0 Å². The Morgan fingerprint density at radius 1 is 1.25 bits per heavy atom. The van der Waals surface area contributed by atoms with Gasteiger partial charge in [-0.25, -0.2) is 0 Å². The van der Waals surface area contributed by atoms with Gasteiger partial charge in [0.15, 0.2) is 0 Å². The first-order chi connectivity index (χ1) is 11.1. The van der Waals surface area contributed by atoms with Crippen molar-refractivity contribution in [3.8, 4) is 5.75 Å². The number of hydrogen-bond donors (Lipinski definition) is 1. The molecular weight excluding hydrogens is 341 g/mol. The Hall–Kier alpha value is -2.22. The molecule has 0 unspecified atom stereocenters. The van der Waals surface area contributed by atoms with Gasteiger partial charge in [0.05, 0.1) is 0 Å². The van der Waals surface area contributed by atoms with E-state index in [2.05, 4.69) is 10.2 Å². The summed E-state index contributed by atoms with van der Waals surface area (Å²) < 4.78 is 43.7. The van der Waals surface area contributed by atoms with Gasteiger partial charge in [0.1, 0.15) is 17.0 Å². The van der Waals surface area contributed by atoms with Gasteiger partial charge in [0.25, 0.3) is 0 Å². The second kappa shape index (κ2) is 5.70. The van der Waals surface area contributed by atoms with E-state index in [-0.39, 0.29) is 27.8 Å². The number of fused-ring (bicyclic) bond motifs is 1. The molecule has 24 heavy (non-hydrogen) atoms. The number of benzene rings is 1. The van der Waals surface area contributed by atoms with E-state index in [9.17, 15) is 18.0 Å². The largest absolute Gasteiger partial charge is 0.483 e. The molecule has 1 aromatic heterocycles. The van der Waals surface area contributed by atoms with Crippen LogP contribution in [-0.2, 0) is 0 Å². The molecule has 126 valence electrons. The fraction of sp³-hybridized carbons (Fsp3) is 0.250. The standard InChI is InChI=1S/C16H13F3N2O2S/c1-15(2)8-11(14-12(22)5-6-20-21-14)10-7-9(24-16(17,18)19)3-4-13(10)23-15/h3-8H,1-2H3,(H,20,22). The first kappa shape index (κ1) is 16.6. The number of alkyl halides is 3. The Morgan fingerprint density at radius 3 is 2.67 bits per heavy atom. The van der Waals surface area contributed by atoms with Crippen molar-refractivity contribution >= 4 is 17.3 Å². The Morgan fingerprint density at radius 2 is 2.00 bits per heavy atom. The van der Waals surface area contributed by atoms with Crippen molar-refractivity contribution in [1.82, 2.24) is 10.2 Å². The smallest absolute Gasteiger partial charge is 0.446 e. The highest BCUT2D eigenvalue weighted by molar-refractivity contribution is 8.00. The summed E-state index contributed by atoms with van der Waals surface area (Å²) in [6, 6.07) is 5.51. The second-order valence-electron chi connectivity index (χ2n) is 5.76. The molecule has 0 spiro atoms. The first-order valence-corrected chi connectivity index (χ1v) is 7.83. The average molecular weight is 354 g/mol. The van der Waals surface area contributed by atoms with Gasteiger partial charge in [0, 0.05) is 28.3 Å². The zero-order valence-electron chi connectivity index (χ0n) is 12.8. The number of H-pyrrole nitrogens is 1. The fourth-order valence-electron chi connectivity index (χ4n) is 2.48. The molecule has 0 aliphatic carbocycles. The van der Waals surface area contributed by atoms with Crippen LogP contribution >= 0.6 is 11.8 Å². The van der Waals surface area contributed by atoms with Gasteiger partial charge in [-0.3, -0.25) is 9.89 Å². The maximum Gasteiger partial charge on any atom is 0.446 e. The van der Waals surface area contributed by atoms with Crippen molar-refractivity contribution in [3.63, 3.8) is 0 Å². The van der Waals surface area contributed by atoms with Crippen LogP contribution in [-0.4, -0.2) is 21.3 Å². The zero-order valence-corrected chi connectivity index (χ0v) is 13.6. The molecule has 8 heteroatoms. The number of ether oxygens (including phenoxy) is 1. The van der Waals surface area contributed by atoms with Gasteiger partial charge < -0.3 is 4.74 Å². The maximum atomic E-state index is 12.6. The molecule has 2 heterocycles. The van der Waals surface area contributed by atoms with Crippen molar-refractivity contribution in [3.05, 3.63) is 58.0 Å². The van der Waals surface area contributed by atoms with Crippen LogP contribution in [0.15, 0.2) is 46.2 Å². The molecule has 0 atom stereocenters. The van der Waals surface area contributed by atoms with Crippen molar-refractivity contribution < 1.29 is 17.9 Å². The number of thioether (sulfide) groups is 1. The van der Waals surface area contributed by atoms with E-state index in [1.165, 1.54) is 30.5 Å². The molecule has 1 aliphatic heterocycles. The van der Waals surface area contributed by atoms with Crippen LogP contribution in [0, 0.1) is 0 Å². The lowest BCUT2D eigenvalue weighted by atomic mass is 9.92. The lowest BCUT2D eigenvalue weighted by Gasteiger charge is -2.31. The average Bonchev–Trinajstić information content (AvgIpc) is 2.45. The predicted octanol–water partition coefficient (Wildman–Crippen LogP) is 3.98. The predicted molar refractivity (Wildman–Crippen MR) is 85.0 cm³/mol. The van der Waals surface area contributed by atoms with Gasteiger partial charge in [-0.05, 0) is 49.9 Å². The van der Waals surface area contributed by atoms with Gasteiger partial charge >= 0.3 is 5.51 Å². The summed E-state index contributed by atoms with van der Waals surface area (Å²) in [6.45, 7) is 3.59. The third-order valence-electron chi connectivity index (χ3n) is 3.31. The molecule has 0 radical (unpaired) electrons. The SMILES string of the molecule is CC1(C)C=C(c2n[nH]ccc2=O)c2cc(SC(F)(F)F)ccc2O1. The topological polar surface area (TPSA) is 55.0 Å². The summed E-state index contributed by atoms with van der Waals surface area (Å²) in [7, 11) is 0. The molecule has 3 rings (SSSR count). The molecule has 1 N–H and O–H groups in total. The van der Waals surface area contributed by atoms with Crippen LogP contribution in [0.3, 0.4) is 0 Å². The number of aromatic amines is 1. The van der Waals surface area contributed by atoms with E-state index in [0.717, 1.165) is 0 Å². The normalized spacial score (nSPS) is 16.1. The molecule has 0 fully saturated rings. The fourth-order valence-corrected chi connectivity index (χ4v) is 3.06. The highest BCUT2D eigenvalue weighted by Crippen LogP contribution is 2.43.